The lowest BCUT2D eigenvalue weighted by molar-refractivity contribution is -0.137. The van der Waals surface area contributed by atoms with Crippen LogP contribution in [0, 0.1) is 0 Å². The predicted molar refractivity (Wildman–Crippen MR) is 109 cm³/mol. The molecular weight excluding hydrogens is 356 g/mol. The molecule has 1 aliphatic heterocycles. The Morgan fingerprint density at radius 3 is 2.32 bits per heavy atom. The van der Waals surface area contributed by atoms with Gasteiger partial charge >= 0.3 is 11.8 Å². The van der Waals surface area contributed by atoms with E-state index in [9.17, 15) is 9.59 Å². The summed E-state index contributed by atoms with van der Waals surface area (Å²) in [6, 6.07) is 16.0. The fourth-order valence-electron chi connectivity index (χ4n) is 3.09. The zero-order valence-electron chi connectivity index (χ0n) is 15.8. The first-order valence-corrected chi connectivity index (χ1v) is 9.48. The average molecular weight is 382 g/mol. The molecule has 1 fully saturated rings. The topological polar surface area (TPSA) is 87.9 Å². The molecule has 0 unspecified atom stereocenters. The van der Waals surface area contributed by atoms with E-state index in [4.69, 9.17) is 10.5 Å². The number of rotatable bonds is 6. The number of amides is 2. The van der Waals surface area contributed by atoms with Gasteiger partial charge in [-0.25, -0.2) is 0 Å². The molecule has 2 aromatic rings. The van der Waals surface area contributed by atoms with Crippen molar-refractivity contribution in [3.8, 4) is 0 Å². The van der Waals surface area contributed by atoms with Crippen LogP contribution in [0.5, 0.6) is 0 Å². The first kappa shape index (κ1) is 19.9. The summed E-state index contributed by atoms with van der Waals surface area (Å²) in [4.78, 5) is 29.1. The molecule has 7 nitrogen and oxygen atoms in total. The van der Waals surface area contributed by atoms with E-state index in [0.717, 1.165) is 39.3 Å². The lowest BCUT2D eigenvalue weighted by atomic mass is 10.2. The first-order valence-electron chi connectivity index (χ1n) is 9.48. The van der Waals surface area contributed by atoms with Crippen LogP contribution in [0.4, 0.5) is 17.1 Å². The van der Waals surface area contributed by atoms with Crippen LogP contribution in [0.1, 0.15) is 6.42 Å². The summed E-state index contributed by atoms with van der Waals surface area (Å²) in [5, 5.41) is 2.74. The number of benzene rings is 2. The molecule has 0 atom stereocenters. The lowest BCUT2D eigenvalue weighted by Crippen LogP contribution is -2.42. The second-order valence-electron chi connectivity index (χ2n) is 6.63. The van der Waals surface area contributed by atoms with Crippen molar-refractivity contribution in [3.63, 3.8) is 0 Å². The van der Waals surface area contributed by atoms with Crippen molar-refractivity contribution >= 4 is 28.9 Å². The number of nitrogen functional groups attached to an aromatic ring is 1. The lowest BCUT2D eigenvalue weighted by Gasteiger charge is -2.26. The van der Waals surface area contributed by atoms with Crippen LogP contribution in [0.25, 0.3) is 0 Å². The summed E-state index contributed by atoms with van der Waals surface area (Å²) in [6.07, 6.45) is 0.784. The number of morpholine rings is 1. The number of hydrogen-bond acceptors (Lipinski definition) is 5. The number of anilines is 3. The molecule has 1 saturated heterocycles. The molecule has 148 valence electrons. The van der Waals surface area contributed by atoms with E-state index >= 15 is 0 Å². The third-order valence-electron chi connectivity index (χ3n) is 4.60. The van der Waals surface area contributed by atoms with Gasteiger partial charge in [-0.05, 0) is 49.4 Å². The third kappa shape index (κ3) is 5.31. The number of nitrogens with zero attached hydrogens (tertiary/aromatic N) is 2. The van der Waals surface area contributed by atoms with E-state index in [2.05, 4.69) is 10.2 Å². The largest absolute Gasteiger partial charge is 0.399 e. The normalized spacial score (nSPS) is 14.4. The molecule has 0 radical (unpaired) electrons. The van der Waals surface area contributed by atoms with Crippen LogP contribution in [-0.2, 0) is 14.3 Å². The van der Waals surface area contributed by atoms with Crippen molar-refractivity contribution in [1.29, 1.82) is 0 Å². The van der Waals surface area contributed by atoms with Gasteiger partial charge in [0.15, 0.2) is 0 Å². The van der Waals surface area contributed by atoms with Gasteiger partial charge in [-0.2, -0.15) is 0 Å². The van der Waals surface area contributed by atoms with E-state index in [-0.39, 0.29) is 0 Å². The number of nitrogens with one attached hydrogen (secondary N) is 1. The fourth-order valence-corrected chi connectivity index (χ4v) is 3.09. The molecule has 0 bridgehead atoms. The highest BCUT2D eigenvalue weighted by Gasteiger charge is 2.24. The summed E-state index contributed by atoms with van der Waals surface area (Å²) >= 11 is 0. The molecule has 0 aromatic heterocycles. The number of hydrogen-bond donors (Lipinski definition) is 2. The van der Waals surface area contributed by atoms with Gasteiger partial charge in [0.2, 0.25) is 0 Å². The van der Waals surface area contributed by atoms with Gasteiger partial charge in [-0.1, -0.05) is 18.2 Å². The van der Waals surface area contributed by atoms with Crippen LogP contribution in [0.3, 0.4) is 0 Å². The molecule has 1 heterocycles. The SMILES string of the molecule is Nc1ccc(N(C(=O)C(=O)NCCCN2CCOCC2)c2ccccc2)cc1. The summed E-state index contributed by atoms with van der Waals surface area (Å²) in [6.45, 7) is 4.64. The molecule has 3 rings (SSSR count). The fraction of sp³-hybridized carbons (Fsp3) is 0.333. The van der Waals surface area contributed by atoms with Crippen LogP contribution >= 0.6 is 0 Å². The molecule has 28 heavy (non-hydrogen) atoms. The van der Waals surface area contributed by atoms with E-state index in [1.54, 1.807) is 36.4 Å². The van der Waals surface area contributed by atoms with Gasteiger partial charge in [-0.3, -0.25) is 19.4 Å². The second-order valence-corrected chi connectivity index (χ2v) is 6.63. The highest BCUT2D eigenvalue weighted by Crippen LogP contribution is 2.26. The predicted octanol–water partition coefficient (Wildman–Crippen LogP) is 1.77. The average Bonchev–Trinajstić information content (AvgIpc) is 2.74. The Bertz CT molecular complexity index is 774. The summed E-state index contributed by atoms with van der Waals surface area (Å²) < 4.78 is 5.32. The maximum atomic E-state index is 12.9. The Hall–Kier alpha value is -2.90. The number of ether oxygens (including phenoxy) is 1. The van der Waals surface area contributed by atoms with Crippen molar-refractivity contribution in [1.82, 2.24) is 10.2 Å². The zero-order valence-corrected chi connectivity index (χ0v) is 15.8. The van der Waals surface area contributed by atoms with Gasteiger partial charge in [0, 0.05) is 36.7 Å². The quantitative estimate of drug-likeness (QED) is 0.452. The van der Waals surface area contributed by atoms with Crippen LogP contribution in [-0.4, -0.2) is 56.1 Å². The molecular formula is C21H26N4O3. The Morgan fingerprint density at radius 2 is 1.64 bits per heavy atom. The number of carbonyl (C=O) groups is 2. The Kier molecular flexibility index (Phi) is 7.00. The summed E-state index contributed by atoms with van der Waals surface area (Å²) in [5.41, 5.74) is 7.56. The van der Waals surface area contributed by atoms with Gasteiger partial charge in [0.1, 0.15) is 0 Å². The third-order valence-corrected chi connectivity index (χ3v) is 4.60. The molecule has 7 heteroatoms. The maximum absolute atomic E-state index is 12.9. The first-order chi connectivity index (χ1) is 13.6. The highest BCUT2D eigenvalue weighted by molar-refractivity contribution is 6.42. The minimum Gasteiger partial charge on any atom is -0.399 e. The zero-order chi connectivity index (χ0) is 19.8. The van der Waals surface area contributed by atoms with Crippen molar-refractivity contribution in [3.05, 3.63) is 54.6 Å². The standard InChI is InChI=1S/C21H26N4O3/c22-17-7-9-19(10-8-17)25(18-5-2-1-3-6-18)21(27)20(26)23-11-4-12-24-13-15-28-16-14-24/h1-3,5-10H,4,11-16,22H2,(H,23,26). The van der Waals surface area contributed by atoms with Crippen molar-refractivity contribution in [2.45, 2.75) is 6.42 Å². The second kappa shape index (κ2) is 9.87. The maximum Gasteiger partial charge on any atom is 0.320 e. The summed E-state index contributed by atoms with van der Waals surface area (Å²) in [7, 11) is 0. The monoisotopic (exact) mass is 382 g/mol. The number of carbonyl (C=O) groups excluding carboxylic acids is 2. The van der Waals surface area contributed by atoms with Crippen LogP contribution in [0.15, 0.2) is 54.6 Å². The molecule has 2 aromatic carbocycles. The van der Waals surface area contributed by atoms with Crippen molar-refractivity contribution in [2.75, 3.05) is 50.0 Å². The van der Waals surface area contributed by atoms with Crippen molar-refractivity contribution < 1.29 is 14.3 Å². The minimum atomic E-state index is -0.623. The molecule has 3 N–H and O–H groups in total. The van der Waals surface area contributed by atoms with Crippen molar-refractivity contribution in [2.24, 2.45) is 0 Å². The molecule has 0 spiro atoms. The van der Waals surface area contributed by atoms with Crippen LogP contribution in [0.2, 0.25) is 0 Å². The van der Waals surface area contributed by atoms with E-state index in [1.165, 1.54) is 4.90 Å². The van der Waals surface area contributed by atoms with E-state index < -0.39 is 11.8 Å². The minimum absolute atomic E-state index is 0.451. The van der Waals surface area contributed by atoms with Gasteiger partial charge in [-0.15, -0.1) is 0 Å². The van der Waals surface area contributed by atoms with Crippen LogP contribution < -0.4 is 16.0 Å². The Labute approximate surface area is 165 Å². The molecule has 1 aliphatic rings. The molecule has 0 saturated carbocycles. The summed E-state index contributed by atoms with van der Waals surface area (Å²) in [5.74, 6) is -1.25. The Morgan fingerprint density at radius 1 is 1.00 bits per heavy atom. The van der Waals surface area contributed by atoms with Gasteiger partial charge in [0.05, 0.1) is 13.2 Å². The molecule has 0 aliphatic carbocycles. The highest BCUT2D eigenvalue weighted by atomic mass is 16.5. The number of para-hydroxylation sites is 1. The van der Waals surface area contributed by atoms with Gasteiger partial charge < -0.3 is 15.8 Å². The van der Waals surface area contributed by atoms with Gasteiger partial charge in [0.25, 0.3) is 0 Å². The Balaban J connectivity index is 1.61. The number of nitrogens with two attached hydrogens (primary N) is 1. The molecule has 2 amide bonds. The van der Waals surface area contributed by atoms with E-state index in [0.29, 0.717) is 23.6 Å². The van der Waals surface area contributed by atoms with E-state index in [1.807, 2.05) is 18.2 Å². The smallest absolute Gasteiger partial charge is 0.320 e.